The molecule has 0 atom stereocenters. The number of rotatable bonds is 4. The highest BCUT2D eigenvalue weighted by Gasteiger charge is 2.29. The third kappa shape index (κ3) is 3.94. The van der Waals surface area contributed by atoms with Gasteiger partial charge in [-0.1, -0.05) is 28.1 Å². The zero-order chi connectivity index (χ0) is 17.2. The molecule has 1 heterocycles. The van der Waals surface area contributed by atoms with E-state index in [1.54, 1.807) is 24.3 Å². The van der Waals surface area contributed by atoms with Crippen molar-refractivity contribution in [1.29, 1.82) is 0 Å². The van der Waals surface area contributed by atoms with Crippen molar-refractivity contribution in [1.82, 2.24) is 9.97 Å². The van der Waals surface area contributed by atoms with Crippen LogP contribution < -0.4 is 9.47 Å². The molecule has 0 saturated carbocycles. The Morgan fingerprint density at radius 1 is 1.00 bits per heavy atom. The first kappa shape index (κ1) is 16.5. The minimum absolute atomic E-state index is 0.0171. The first-order valence-electron chi connectivity index (χ1n) is 6.79. The van der Waals surface area contributed by atoms with Crippen LogP contribution in [-0.2, 0) is 0 Å². The lowest BCUT2D eigenvalue weighted by Gasteiger charge is -2.14. The first-order chi connectivity index (χ1) is 11.4. The van der Waals surface area contributed by atoms with Gasteiger partial charge < -0.3 is 9.47 Å². The molecule has 8 heteroatoms. The maximum Gasteiger partial charge on any atom is 0.422 e. The van der Waals surface area contributed by atoms with Crippen molar-refractivity contribution < 1.29 is 22.6 Å². The largest absolute Gasteiger partial charge is 0.480 e. The van der Waals surface area contributed by atoms with Crippen molar-refractivity contribution in [3.63, 3.8) is 0 Å². The lowest BCUT2D eigenvalue weighted by molar-refractivity contribution is -0.153. The van der Waals surface area contributed by atoms with Crippen LogP contribution in [0.2, 0.25) is 0 Å². The summed E-state index contributed by atoms with van der Waals surface area (Å²) in [5, 5.41) is 0.623. The van der Waals surface area contributed by atoms with Gasteiger partial charge in [0.25, 0.3) is 0 Å². The molecule has 1 aromatic heterocycles. The lowest BCUT2D eigenvalue weighted by atomic mass is 10.2. The smallest absolute Gasteiger partial charge is 0.422 e. The van der Waals surface area contributed by atoms with E-state index in [1.165, 1.54) is 18.5 Å². The molecule has 124 valence electrons. The predicted octanol–water partition coefficient (Wildman–Crippen LogP) is 5.13. The van der Waals surface area contributed by atoms with Crippen molar-refractivity contribution >= 4 is 26.8 Å². The Hall–Kier alpha value is -2.35. The van der Waals surface area contributed by atoms with E-state index >= 15 is 0 Å². The molecule has 0 bridgehead atoms. The van der Waals surface area contributed by atoms with E-state index in [-0.39, 0.29) is 17.4 Å². The van der Waals surface area contributed by atoms with Crippen molar-refractivity contribution in [3.05, 3.63) is 53.3 Å². The zero-order valence-electron chi connectivity index (χ0n) is 12.0. The molecule has 0 spiro atoms. The fourth-order valence-corrected chi connectivity index (χ4v) is 2.37. The molecule has 0 N–H and O–H groups in total. The molecule has 2 aromatic carbocycles. The fourth-order valence-electron chi connectivity index (χ4n) is 2.00. The maximum absolute atomic E-state index is 12.4. The standard InChI is InChI=1S/C16H10BrF3N2O2/c17-10-5-6-12-11(7-10)15(22-9-21-12)24-14-4-2-1-3-13(14)23-8-16(18,19)20/h1-7,9H,8H2. The number of alkyl halides is 3. The number of hydrogen-bond acceptors (Lipinski definition) is 4. The number of benzene rings is 2. The van der Waals surface area contributed by atoms with E-state index in [0.29, 0.717) is 10.9 Å². The Morgan fingerprint density at radius 3 is 2.50 bits per heavy atom. The summed E-state index contributed by atoms with van der Waals surface area (Å²) in [6.45, 7) is -1.40. The molecule has 0 amide bonds. The van der Waals surface area contributed by atoms with Crippen molar-refractivity contribution in [3.8, 4) is 17.4 Å². The van der Waals surface area contributed by atoms with Gasteiger partial charge >= 0.3 is 6.18 Å². The zero-order valence-corrected chi connectivity index (χ0v) is 13.6. The number of fused-ring (bicyclic) bond motifs is 1. The number of halogens is 4. The van der Waals surface area contributed by atoms with Crippen LogP contribution in [0.25, 0.3) is 10.9 Å². The summed E-state index contributed by atoms with van der Waals surface area (Å²) in [5.41, 5.74) is 0.650. The van der Waals surface area contributed by atoms with Crippen LogP contribution in [0.15, 0.2) is 53.3 Å². The Morgan fingerprint density at radius 2 is 1.75 bits per heavy atom. The molecule has 24 heavy (non-hydrogen) atoms. The van der Waals surface area contributed by atoms with Gasteiger partial charge in [0.2, 0.25) is 5.88 Å². The van der Waals surface area contributed by atoms with Crippen LogP contribution in [-0.4, -0.2) is 22.8 Å². The minimum Gasteiger partial charge on any atom is -0.480 e. The van der Waals surface area contributed by atoms with Crippen LogP contribution in [0.4, 0.5) is 13.2 Å². The minimum atomic E-state index is -4.43. The van der Waals surface area contributed by atoms with Crippen LogP contribution in [0.1, 0.15) is 0 Å². The van der Waals surface area contributed by atoms with E-state index in [4.69, 9.17) is 9.47 Å². The van der Waals surface area contributed by atoms with Crippen LogP contribution in [0.3, 0.4) is 0 Å². The third-order valence-corrected chi connectivity index (χ3v) is 3.50. The summed E-state index contributed by atoms with van der Waals surface area (Å²) >= 11 is 3.35. The van der Waals surface area contributed by atoms with Gasteiger partial charge in [-0.3, -0.25) is 0 Å². The van der Waals surface area contributed by atoms with Gasteiger partial charge in [-0.25, -0.2) is 9.97 Å². The molecular formula is C16H10BrF3N2O2. The van der Waals surface area contributed by atoms with E-state index in [2.05, 4.69) is 25.9 Å². The molecule has 3 rings (SSSR count). The van der Waals surface area contributed by atoms with Crippen LogP contribution in [0.5, 0.6) is 17.4 Å². The highest BCUT2D eigenvalue weighted by Crippen LogP contribution is 2.34. The van der Waals surface area contributed by atoms with Gasteiger partial charge in [0.1, 0.15) is 6.33 Å². The SMILES string of the molecule is FC(F)(F)COc1ccccc1Oc1ncnc2ccc(Br)cc12. The second kappa shape index (κ2) is 6.64. The first-order valence-corrected chi connectivity index (χ1v) is 7.58. The van der Waals surface area contributed by atoms with Gasteiger partial charge in [-0.05, 0) is 30.3 Å². The Bertz CT molecular complexity index is 871. The molecule has 0 saturated heterocycles. The Labute approximate surface area is 143 Å². The second-order valence-electron chi connectivity index (χ2n) is 4.79. The summed E-state index contributed by atoms with van der Waals surface area (Å²) in [6.07, 6.45) is -3.11. The summed E-state index contributed by atoms with van der Waals surface area (Å²) in [5.74, 6) is 0.350. The molecule has 0 aliphatic rings. The summed E-state index contributed by atoms with van der Waals surface area (Å²) in [4.78, 5) is 8.19. The van der Waals surface area contributed by atoms with Gasteiger partial charge in [-0.15, -0.1) is 0 Å². The monoisotopic (exact) mass is 398 g/mol. The van der Waals surface area contributed by atoms with Gasteiger partial charge in [0.05, 0.1) is 10.9 Å². The fraction of sp³-hybridized carbons (Fsp3) is 0.125. The molecule has 3 aromatic rings. The van der Waals surface area contributed by atoms with E-state index in [0.717, 1.165) is 4.47 Å². The maximum atomic E-state index is 12.4. The summed E-state index contributed by atoms with van der Waals surface area (Å²) in [6, 6.07) is 11.5. The molecule has 0 aliphatic heterocycles. The van der Waals surface area contributed by atoms with E-state index < -0.39 is 12.8 Å². The Balaban J connectivity index is 1.93. The summed E-state index contributed by atoms with van der Waals surface area (Å²) in [7, 11) is 0. The number of para-hydroxylation sites is 2. The topological polar surface area (TPSA) is 44.2 Å². The van der Waals surface area contributed by atoms with E-state index in [9.17, 15) is 13.2 Å². The number of hydrogen-bond donors (Lipinski definition) is 0. The molecule has 0 fully saturated rings. The molecular weight excluding hydrogens is 389 g/mol. The van der Waals surface area contributed by atoms with Gasteiger partial charge in [-0.2, -0.15) is 13.2 Å². The highest BCUT2D eigenvalue weighted by molar-refractivity contribution is 9.10. The molecule has 0 unspecified atom stereocenters. The summed E-state index contributed by atoms with van der Waals surface area (Å²) < 4.78 is 48.4. The van der Waals surface area contributed by atoms with Crippen molar-refractivity contribution in [2.75, 3.05) is 6.61 Å². The highest BCUT2D eigenvalue weighted by atomic mass is 79.9. The van der Waals surface area contributed by atoms with Crippen LogP contribution >= 0.6 is 15.9 Å². The average Bonchev–Trinajstić information content (AvgIpc) is 2.54. The third-order valence-electron chi connectivity index (χ3n) is 3.01. The van der Waals surface area contributed by atoms with Crippen molar-refractivity contribution in [2.45, 2.75) is 6.18 Å². The van der Waals surface area contributed by atoms with Gasteiger partial charge in [0.15, 0.2) is 18.1 Å². The lowest BCUT2D eigenvalue weighted by Crippen LogP contribution is -2.19. The quantitative estimate of drug-likeness (QED) is 0.611. The number of nitrogens with zero attached hydrogens (tertiary/aromatic N) is 2. The predicted molar refractivity (Wildman–Crippen MR) is 85.3 cm³/mol. The number of ether oxygens (including phenoxy) is 2. The normalized spacial score (nSPS) is 11.5. The molecule has 4 nitrogen and oxygen atoms in total. The Kier molecular flexibility index (Phi) is 4.57. The van der Waals surface area contributed by atoms with E-state index in [1.807, 2.05) is 6.07 Å². The van der Waals surface area contributed by atoms with Crippen LogP contribution in [0, 0.1) is 0 Å². The van der Waals surface area contributed by atoms with Crippen molar-refractivity contribution in [2.24, 2.45) is 0 Å². The molecule has 0 radical (unpaired) electrons. The average molecular weight is 399 g/mol. The second-order valence-corrected chi connectivity index (χ2v) is 5.71. The number of aromatic nitrogens is 2. The molecule has 0 aliphatic carbocycles. The van der Waals surface area contributed by atoms with Gasteiger partial charge in [0, 0.05) is 4.47 Å².